The van der Waals surface area contributed by atoms with E-state index < -0.39 is 35.1 Å². The molecule has 122 valence electrons. The number of aliphatic hydroxyl groups is 1. The summed E-state index contributed by atoms with van der Waals surface area (Å²) in [5.74, 6) is -3.27. The number of nitrogens with one attached hydrogen (secondary N) is 1. The van der Waals surface area contributed by atoms with Crippen molar-refractivity contribution >= 4 is 28.8 Å². The predicted molar refractivity (Wildman–Crippen MR) is 78.1 cm³/mol. The van der Waals surface area contributed by atoms with Crippen LogP contribution in [0.15, 0.2) is 10.5 Å². The molecule has 2 aliphatic rings. The normalized spacial score (nSPS) is 29.6. The highest BCUT2D eigenvalue weighted by atomic mass is 32.2. The Hall–Kier alpha value is -1.38. The second-order valence-electron chi connectivity index (χ2n) is 5.69. The van der Waals surface area contributed by atoms with E-state index >= 15 is 0 Å². The summed E-state index contributed by atoms with van der Waals surface area (Å²) < 4.78 is 12.3. The minimum Gasteiger partial charge on any atom is -0.612 e. The Morgan fingerprint density at radius 1 is 1.50 bits per heavy atom. The van der Waals surface area contributed by atoms with Gasteiger partial charge >= 0.3 is 5.97 Å². The molecule has 1 fully saturated rings. The highest BCUT2D eigenvalue weighted by Gasteiger charge is 2.60. The molecule has 0 radical (unpaired) electrons. The van der Waals surface area contributed by atoms with Crippen LogP contribution < -0.4 is 5.32 Å². The molecule has 8 heteroatoms. The first-order valence-electron chi connectivity index (χ1n) is 7.06. The molecule has 2 rings (SSSR count). The molecule has 5 unspecified atom stereocenters. The third kappa shape index (κ3) is 2.90. The van der Waals surface area contributed by atoms with Gasteiger partial charge in [0.2, 0.25) is 5.91 Å². The number of hydrogen-bond donors (Lipinski definition) is 3. The summed E-state index contributed by atoms with van der Waals surface area (Å²) in [6.07, 6.45) is -0.587. The lowest BCUT2D eigenvalue weighted by atomic mass is 9.61. The van der Waals surface area contributed by atoms with Gasteiger partial charge < -0.3 is 20.1 Å². The van der Waals surface area contributed by atoms with Crippen molar-refractivity contribution < 1.29 is 29.1 Å². The van der Waals surface area contributed by atoms with Crippen molar-refractivity contribution in [3.63, 3.8) is 0 Å². The Kier molecular flexibility index (Phi) is 4.93. The number of allylic oxidation sites excluding steroid dienone is 1. The van der Waals surface area contributed by atoms with Gasteiger partial charge in [0.05, 0.1) is 24.1 Å². The molecule has 1 saturated carbocycles. The first kappa shape index (κ1) is 17.0. The third-order valence-corrected chi connectivity index (χ3v) is 5.75. The summed E-state index contributed by atoms with van der Waals surface area (Å²) >= 11 is -1.56. The van der Waals surface area contributed by atoms with E-state index in [0.29, 0.717) is 0 Å². The second-order valence-corrected chi connectivity index (χ2v) is 7.28. The molecular weight excluding hydrogens is 310 g/mol. The van der Waals surface area contributed by atoms with Crippen molar-refractivity contribution in [2.75, 3.05) is 12.3 Å². The maximum atomic E-state index is 12.3. The molecule has 0 heterocycles. The van der Waals surface area contributed by atoms with Crippen molar-refractivity contribution in [3.8, 4) is 0 Å². The summed E-state index contributed by atoms with van der Waals surface area (Å²) in [7, 11) is 0. The van der Waals surface area contributed by atoms with Gasteiger partial charge in [0, 0.05) is 19.3 Å². The van der Waals surface area contributed by atoms with E-state index in [1.807, 2.05) is 0 Å². The number of ketones is 1. The van der Waals surface area contributed by atoms with Crippen LogP contribution in [0.5, 0.6) is 0 Å². The van der Waals surface area contributed by atoms with Crippen molar-refractivity contribution in [2.45, 2.75) is 26.4 Å². The molecule has 2 aliphatic carbocycles. The summed E-state index contributed by atoms with van der Waals surface area (Å²) in [6.45, 7) is 3.03. The van der Waals surface area contributed by atoms with Gasteiger partial charge in [-0.15, -0.1) is 0 Å². The van der Waals surface area contributed by atoms with E-state index in [2.05, 4.69) is 5.32 Å². The lowest BCUT2D eigenvalue weighted by molar-refractivity contribution is -0.149. The number of carboxylic acids is 1. The summed E-state index contributed by atoms with van der Waals surface area (Å²) in [4.78, 5) is 34.6. The van der Waals surface area contributed by atoms with Crippen molar-refractivity contribution in [1.82, 2.24) is 5.32 Å². The standard InChI is InChI=1S/C14H19NO6S/c1-6(16)10-8-5-9(22(21)4-3-15-7(2)17)12(14(19)20)11(8)13(10)18/h6,8,10-11,16H,3-5H2,1-2H3,(H,15,17)(H,19,20). The molecule has 0 aliphatic heterocycles. The first-order valence-corrected chi connectivity index (χ1v) is 8.38. The topological polar surface area (TPSA) is 127 Å². The average Bonchev–Trinajstić information content (AvgIpc) is 2.72. The van der Waals surface area contributed by atoms with Crippen molar-refractivity contribution in [3.05, 3.63) is 10.5 Å². The first-order chi connectivity index (χ1) is 10.3. The number of fused-ring (bicyclic) bond motifs is 1. The molecule has 1 amide bonds. The van der Waals surface area contributed by atoms with Crippen molar-refractivity contribution in [1.29, 1.82) is 0 Å². The number of aliphatic carboxylic acids is 1. The van der Waals surface area contributed by atoms with Crippen LogP contribution in [-0.2, 0) is 25.6 Å². The zero-order valence-corrected chi connectivity index (χ0v) is 13.2. The predicted octanol–water partition coefficient (Wildman–Crippen LogP) is -0.574. The Morgan fingerprint density at radius 3 is 2.64 bits per heavy atom. The van der Waals surface area contributed by atoms with E-state index in [1.54, 1.807) is 0 Å². The van der Waals surface area contributed by atoms with Gasteiger partial charge in [0.25, 0.3) is 0 Å². The minimum absolute atomic E-state index is 0.0759. The zero-order valence-electron chi connectivity index (χ0n) is 12.4. The number of amides is 1. The van der Waals surface area contributed by atoms with Gasteiger partial charge in [0.1, 0.15) is 16.4 Å². The molecule has 0 bridgehead atoms. The smallest absolute Gasteiger partial charge is 0.337 e. The molecule has 0 aromatic rings. The van der Waals surface area contributed by atoms with E-state index in [-0.39, 0.29) is 46.8 Å². The number of carbonyl (C=O) groups is 3. The zero-order chi connectivity index (χ0) is 16.6. The Labute approximate surface area is 130 Å². The number of Topliss-reactive ketones (excluding diaryl/α,β-unsaturated/α-hetero) is 1. The Morgan fingerprint density at radius 2 is 2.14 bits per heavy atom. The van der Waals surface area contributed by atoms with Crippen LogP contribution in [-0.4, -0.2) is 50.8 Å². The molecule has 0 aromatic heterocycles. The number of carbonyl (C=O) groups excluding carboxylic acids is 2. The number of aliphatic hydroxyl groups excluding tert-OH is 1. The maximum Gasteiger partial charge on any atom is 0.337 e. The molecule has 0 spiro atoms. The largest absolute Gasteiger partial charge is 0.612 e. The summed E-state index contributed by atoms with van der Waals surface area (Å²) in [5.41, 5.74) is -0.0759. The quantitative estimate of drug-likeness (QED) is 0.560. The van der Waals surface area contributed by atoms with Gasteiger partial charge in [-0.1, -0.05) is 0 Å². The summed E-state index contributed by atoms with van der Waals surface area (Å²) in [5, 5.41) is 21.5. The SMILES string of the molecule is CC(=O)NCC[S+]([O-])C1=C(C(=O)O)C2C(=O)C(C(C)O)C2C1. The highest BCUT2D eigenvalue weighted by Crippen LogP contribution is 2.53. The van der Waals surface area contributed by atoms with Gasteiger partial charge in [-0.2, -0.15) is 0 Å². The maximum absolute atomic E-state index is 12.3. The van der Waals surface area contributed by atoms with Gasteiger partial charge in [-0.05, 0) is 24.0 Å². The highest BCUT2D eigenvalue weighted by molar-refractivity contribution is 7.95. The van der Waals surface area contributed by atoms with E-state index in [1.165, 1.54) is 13.8 Å². The van der Waals surface area contributed by atoms with E-state index in [4.69, 9.17) is 0 Å². The van der Waals surface area contributed by atoms with Gasteiger partial charge in [-0.3, -0.25) is 9.59 Å². The monoisotopic (exact) mass is 329 g/mol. The molecule has 22 heavy (non-hydrogen) atoms. The Bertz CT molecular complexity index is 543. The van der Waals surface area contributed by atoms with Crippen LogP contribution in [0.1, 0.15) is 20.3 Å². The molecular formula is C14H19NO6S. The fourth-order valence-corrected chi connectivity index (χ4v) is 4.69. The number of carboxylic acid groups (broad SMARTS) is 1. The molecule has 3 N–H and O–H groups in total. The van der Waals surface area contributed by atoms with Crippen LogP contribution in [0.2, 0.25) is 0 Å². The third-order valence-electron chi connectivity index (χ3n) is 4.24. The summed E-state index contributed by atoms with van der Waals surface area (Å²) in [6, 6.07) is 0. The van der Waals surface area contributed by atoms with Crippen LogP contribution in [0.25, 0.3) is 0 Å². The molecule has 0 saturated heterocycles. The lowest BCUT2D eigenvalue weighted by Gasteiger charge is -2.40. The van der Waals surface area contributed by atoms with Gasteiger partial charge in [0.15, 0.2) is 0 Å². The van der Waals surface area contributed by atoms with Crippen LogP contribution >= 0.6 is 0 Å². The Balaban J connectivity index is 2.14. The lowest BCUT2D eigenvalue weighted by Crippen LogP contribution is -2.51. The molecule has 5 atom stereocenters. The molecule has 0 aromatic carbocycles. The van der Waals surface area contributed by atoms with Crippen LogP contribution in [0, 0.1) is 17.8 Å². The van der Waals surface area contributed by atoms with E-state index in [0.717, 1.165) is 0 Å². The minimum atomic E-state index is -1.56. The number of rotatable bonds is 6. The van der Waals surface area contributed by atoms with Gasteiger partial charge in [-0.25, -0.2) is 4.79 Å². The van der Waals surface area contributed by atoms with Crippen molar-refractivity contribution in [2.24, 2.45) is 17.8 Å². The fourth-order valence-electron chi connectivity index (χ4n) is 3.32. The fraction of sp³-hybridized carbons (Fsp3) is 0.643. The average molecular weight is 329 g/mol. The molecule has 7 nitrogen and oxygen atoms in total. The second kappa shape index (κ2) is 6.39. The van der Waals surface area contributed by atoms with E-state index in [9.17, 15) is 29.1 Å². The van der Waals surface area contributed by atoms with Crippen LogP contribution in [0.4, 0.5) is 0 Å². The van der Waals surface area contributed by atoms with Crippen LogP contribution in [0.3, 0.4) is 0 Å². The number of hydrogen-bond acceptors (Lipinski definition) is 5.